The third-order valence-corrected chi connectivity index (χ3v) is 5.59. The fraction of sp³-hybridized carbons (Fsp3) is 0.222. The smallest absolute Gasteiger partial charge is 0.262 e. The first-order valence-electron chi connectivity index (χ1n) is 8.04. The Morgan fingerprint density at radius 3 is 2.69 bits per heavy atom. The van der Waals surface area contributed by atoms with Crippen molar-refractivity contribution in [2.45, 2.75) is 17.9 Å². The van der Waals surface area contributed by atoms with E-state index >= 15 is 0 Å². The number of amides is 2. The number of anilines is 1. The summed E-state index contributed by atoms with van der Waals surface area (Å²) >= 11 is 0. The van der Waals surface area contributed by atoms with Crippen LogP contribution in [0.25, 0.3) is 0 Å². The van der Waals surface area contributed by atoms with Gasteiger partial charge in [0, 0.05) is 13.0 Å². The van der Waals surface area contributed by atoms with E-state index < -0.39 is 9.84 Å². The van der Waals surface area contributed by atoms with Crippen molar-refractivity contribution in [3.8, 4) is 5.75 Å². The molecule has 136 valence electrons. The molecule has 0 aliphatic carbocycles. The lowest BCUT2D eigenvalue weighted by atomic mass is 10.2. The maximum absolute atomic E-state index is 12.4. The van der Waals surface area contributed by atoms with Gasteiger partial charge in [0.1, 0.15) is 5.75 Å². The summed E-state index contributed by atoms with van der Waals surface area (Å²) in [5, 5.41) is 5.27. The highest BCUT2D eigenvalue weighted by Crippen LogP contribution is 2.30. The molecule has 2 aromatic rings. The highest BCUT2D eigenvalue weighted by Gasteiger charge is 2.21. The van der Waals surface area contributed by atoms with Gasteiger partial charge in [-0.05, 0) is 23.8 Å². The number of nitrogens with one attached hydrogen (secondary N) is 2. The van der Waals surface area contributed by atoms with E-state index in [2.05, 4.69) is 10.6 Å². The first-order valence-corrected chi connectivity index (χ1v) is 9.69. The third kappa shape index (κ3) is 4.40. The number of hydrogen-bond donors (Lipinski definition) is 2. The maximum Gasteiger partial charge on any atom is 0.262 e. The van der Waals surface area contributed by atoms with Gasteiger partial charge < -0.3 is 15.4 Å². The summed E-state index contributed by atoms with van der Waals surface area (Å²) < 4.78 is 30.1. The van der Waals surface area contributed by atoms with Gasteiger partial charge in [-0.15, -0.1) is 0 Å². The maximum atomic E-state index is 12.4. The van der Waals surface area contributed by atoms with Crippen molar-refractivity contribution < 1.29 is 22.7 Å². The van der Waals surface area contributed by atoms with E-state index in [-0.39, 0.29) is 35.5 Å². The van der Waals surface area contributed by atoms with E-state index in [0.717, 1.165) is 5.56 Å². The van der Waals surface area contributed by atoms with Crippen molar-refractivity contribution in [3.05, 3.63) is 54.1 Å². The average molecular weight is 374 g/mol. The lowest BCUT2D eigenvalue weighted by Gasteiger charge is -2.18. The molecule has 0 fully saturated rings. The van der Waals surface area contributed by atoms with Crippen LogP contribution >= 0.6 is 0 Å². The average Bonchev–Trinajstić information content (AvgIpc) is 2.65. The van der Waals surface area contributed by atoms with Crippen LogP contribution in [0.4, 0.5) is 5.69 Å². The Balaban J connectivity index is 1.59. The summed E-state index contributed by atoms with van der Waals surface area (Å²) in [7, 11) is -3.66. The van der Waals surface area contributed by atoms with Crippen LogP contribution in [0.2, 0.25) is 0 Å². The minimum absolute atomic E-state index is 0.0397. The van der Waals surface area contributed by atoms with E-state index in [0.29, 0.717) is 18.0 Å². The van der Waals surface area contributed by atoms with E-state index in [1.165, 1.54) is 18.2 Å². The number of hydrogen-bond acceptors (Lipinski definition) is 5. The van der Waals surface area contributed by atoms with Crippen molar-refractivity contribution in [1.82, 2.24) is 5.32 Å². The fourth-order valence-corrected chi connectivity index (χ4v) is 3.75. The molecule has 0 unspecified atom stereocenters. The molecule has 1 heterocycles. The molecule has 26 heavy (non-hydrogen) atoms. The van der Waals surface area contributed by atoms with Gasteiger partial charge in [-0.3, -0.25) is 9.59 Å². The number of carbonyl (C=O) groups excluding carboxylic acids is 2. The molecule has 2 N–H and O–H groups in total. The van der Waals surface area contributed by atoms with Crippen molar-refractivity contribution in [3.63, 3.8) is 0 Å². The molecule has 2 amide bonds. The number of ether oxygens (including phenoxy) is 1. The summed E-state index contributed by atoms with van der Waals surface area (Å²) in [6, 6.07) is 13.6. The second-order valence-corrected chi connectivity index (χ2v) is 7.94. The summed E-state index contributed by atoms with van der Waals surface area (Å²) in [5.74, 6) is -0.579. The molecule has 0 saturated carbocycles. The molecule has 8 heteroatoms. The summed E-state index contributed by atoms with van der Waals surface area (Å²) in [6.07, 6.45) is -0.144. The Labute approximate surface area is 151 Å². The molecule has 0 spiro atoms. The third-order valence-electron chi connectivity index (χ3n) is 3.87. The van der Waals surface area contributed by atoms with Gasteiger partial charge in [0.05, 0.1) is 16.3 Å². The fourth-order valence-electron chi connectivity index (χ4n) is 2.49. The van der Waals surface area contributed by atoms with Crippen LogP contribution in [0.3, 0.4) is 0 Å². The Hall–Kier alpha value is -2.87. The van der Waals surface area contributed by atoms with Gasteiger partial charge in [-0.2, -0.15) is 0 Å². The number of carbonyl (C=O) groups is 2. The van der Waals surface area contributed by atoms with Gasteiger partial charge in [0.25, 0.3) is 5.91 Å². The summed E-state index contributed by atoms with van der Waals surface area (Å²) in [4.78, 5) is 23.3. The number of benzene rings is 2. The van der Waals surface area contributed by atoms with Gasteiger partial charge in [0.2, 0.25) is 5.91 Å². The Morgan fingerprint density at radius 2 is 1.92 bits per heavy atom. The molecule has 2 aromatic carbocycles. The number of sulfone groups is 1. The number of rotatable bonds is 6. The monoisotopic (exact) mass is 374 g/mol. The van der Waals surface area contributed by atoms with Crippen LogP contribution in [0.15, 0.2) is 53.4 Å². The summed E-state index contributed by atoms with van der Waals surface area (Å²) in [6.45, 7) is 0.253. The van der Waals surface area contributed by atoms with Crippen molar-refractivity contribution in [2.75, 3.05) is 17.7 Å². The zero-order chi connectivity index (χ0) is 18.6. The molecular formula is C18H18N2O5S. The Bertz CT molecular complexity index is 926. The van der Waals surface area contributed by atoms with Crippen molar-refractivity contribution in [2.24, 2.45) is 0 Å². The zero-order valence-corrected chi connectivity index (χ0v) is 14.7. The topological polar surface area (TPSA) is 102 Å². The molecule has 0 aromatic heterocycles. The lowest BCUT2D eigenvalue weighted by molar-refractivity contribution is -0.121. The molecule has 0 atom stereocenters. The van der Waals surface area contributed by atoms with E-state index in [4.69, 9.17) is 4.74 Å². The first-order chi connectivity index (χ1) is 12.4. The molecule has 1 aliphatic rings. The largest absolute Gasteiger partial charge is 0.482 e. The van der Waals surface area contributed by atoms with Crippen LogP contribution in [0, 0.1) is 0 Å². The highest BCUT2D eigenvalue weighted by molar-refractivity contribution is 7.91. The van der Waals surface area contributed by atoms with Gasteiger partial charge >= 0.3 is 0 Å². The normalized spacial score (nSPS) is 13.3. The van der Waals surface area contributed by atoms with Crippen LogP contribution in [0.1, 0.15) is 12.0 Å². The lowest BCUT2D eigenvalue weighted by Crippen LogP contribution is -2.26. The van der Waals surface area contributed by atoms with Crippen LogP contribution in [-0.2, 0) is 26.0 Å². The van der Waals surface area contributed by atoms with Crippen LogP contribution < -0.4 is 15.4 Å². The van der Waals surface area contributed by atoms with Crippen LogP contribution in [-0.4, -0.2) is 32.6 Å². The molecule has 0 bridgehead atoms. The van der Waals surface area contributed by atoms with Gasteiger partial charge in [-0.1, -0.05) is 30.3 Å². The Kier molecular flexibility index (Phi) is 5.22. The van der Waals surface area contributed by atoms with E-state index in [1.54, 1.807) is 0 Å². The molecule has 7 nitrogen and oxygen atoms in total. The van der Waals surface area contributed by atoms with Crippen LogP contribution in [0.5, 0.6) is 5.75 Å². The standard InChI is InChI=1S/C18H18N2O5S/c21-17(19-11-13-4-2-1-3-5-13)8-9-26(23,24)14-6-7-16-15(10-14)20-18(22)12-25-16/h1-7,10H,8-9,11-12H2,(H,19,21)(H,20,22). The quantitative estimate of drug-likeness (QED) is 0.798. The molecule has 1 aliphatic heterocycles. The minimum atomic E-state index is -3.66. The van der Waals surface area contributed by atoms with Crippen molar-refractivity contribution in [1.29, 1.82) is 0 Å². The number of fused-ring (bicyclic) bond motifs is 1. The predicted octanol–water partition coefficient (Wildman–Crippen LogP) is 1.50. The van der Waals surface area contributed by atoms with E-state index in [9.17, 15) is 18.0 Å². The van der Waals surface area contributed by atoms with Crippen molar-refractivity contribution >= 4 is 27.3 Å². The Morgan fingerprint density at radius 1 is 1.15 bits per heavy atom. The van der Waals surface area contributed by atoms with E-state index in [1.807, 2.05) is 30.3 Å². The predicted molar refractivity (Wildman–Crippen MR) is 95.5 cm³/mol. The molecule has 3 rings (SSSR count). The molecule has 0 radical (unpaired) electrons. The first kappa shape index (κ1) is 17.9. The zero-order valence-electron chi connectivity index (χ0n) is 13.9. The minimum Gasteiger partial charge on any atom is -0.482 e. The van der Waals surface area contributed by atoms with Gasteiger partial charge in [-0.25, -0.2) is 8.42 Å². The summed E-state index contributed by atoms with van der Waals surface area (Å²) in [5.41, 5.74) is 1.25. The second-order valence-electron chi connectivity index (χ2n) is 5.83. The molecular weight excluding hydrogens is 356 g/mol. The van der Waals surface area contributed by atoms with Gasteiger partial charge in [0.15, 0.2) is 16.4 Å². The highest BCUT2D eigenvalue weighted by atomic mass is 32.2. The SMILES string of the molecule is O=C(CCS(=O)(=O)c1ccc2c(c1)NC(=O)CO2)NCc1ccccc1. The molecule has 0 saturated heterocycles. The second kappa shape index (κ2) is 7.57.